The van der Waals surface area contributed by atoms with Gasteiger partial charge in [0, 0.05) is 46.7 Å². The maximum absolute atomic E-state index is 13.4. The van der Waals surface area contributed by atoms with E-state index in [4.69, 9.17) is 16.3 Å². The molecular formula is C23H21ClN4O4S3. The summed E-state index contributed by atoms with van der Waals surface area (Å²) in [5.74, 6) is -0.288. The van der Waals surface area contributed by atoms with Crippen molar-refractivity contribution in [2.24, 2.45) is 0 Å². The molecule has 1 aromatic carbocycles. The van der Waals surface area contributed by atoms with E-state index in [0.717, 1.165) is 37.7 Å². The summed E-state index contributed by atoms with van der Waals surface area (Å²) in [6.45, 7) is 0.393. The number of hydrogen-bond donors (Lipinski definition) is 0. The Morgan fingerprint density at radius 3 is 2.89 bits per heavy atom. The third-order valence-corrected chi connectivity index (χ3v) is 10.1. The Bertz CT molecular complexity index is 1470. The molecule has 0 unspecified atom stereocenters. The normalized spacial score (nSPS) is 17.4. The first kappa shape index (κ1) is 24.3. The summed E-state index contributed by atoms with van der Waals surface area (Å²) in [7, 11) is -2.33. The maximum atomic E-state index is 13.4. The predicted molar refractivity (Wildman–Crippen MR) is 137 cm³/mol. The predicted octanol–water partition coefficient (Wildman–Crippen LogP) is 4.12. The van der Waals surface area contributed by atoms with Crippen molar-refractivity contribution in [2.45, 2.75) is 16.8 Å². The van der Waals surface area contributed by atoms with Crippen LogP contribution in [0, 0.1) is 0 Å². The van der Waals surface area contributed by atoms with Gasteiger partial charge in [-0.25, -0.2) is 13.4 Å². The lowest BCUT2D eigenvalue weighted by Crippen LogP contribution is -2.58. The zero-order chi connectivity index (χ0) is 24.6. The monoisotopic (exact) mass is 548 g/mol. The highest BCUT2D eigenvalue weighted by atomic mass is 35.5. The molecule has 1 aliphatic heterocycles. The molecule has 0 aliphatic carbocycles. The number of benzene rings is 1. The van der Waals surface area contributed by atoms with Gasteiger partial charge >= 0.3 is 0 Å². The van der Waals surface area contributed by atoms with E-state index in [1.165, 1.54) is 22.8 Å². The number of piperazine rings is 1. The first-order valence-corrected chi connectivity index (χ1v) is 14.2. The molecule has 35 heavy (non-hydrogen) atoms. The van der Waals surface area contributed by atoms with Crippen molar-refractivity contribution in [3.05, 3.63) is 64.2 Å². The van der Waals surface area contributed by atoms with Crippen LogP contribution in [-0.2, 0) is 26.1 Å². The number of thiazole rings is 1. The van der Waals surface area contributed by atoms with Crippen molar-refractivity contribution in [3.63, 3.8) is 0 Å². The molecule has 4 heterocycles. The molecular weight excluding hydrogens is 528 g/mol. The quantitative estimate of drug-likeness (QED) is 0.345. The summed E-state index contributed by atoms with van der Waals surface area (Å²) < 4.78 is 34.4. The van der Waals surface area contributed by atoms with E-state index in [2.05, 4.69) is 9.97 Å². The molecule has 182 valence electrons. The van der Waals surface area contributed by atoms with Crippen LogP contribution < -0.4 is 0 Å². The van der Waals surface area contributed by atoms with Crippen LogP contribution in [0.1, 0.15) is 5.01 Å². The number of thiophene rings is 1. The van der Waals surface area contributed by atoms with Gasteiger partial charge in [0.1, 0.15) is 9.22 Å². The second kappa shape index (κ2) is 9.92. The molecule has 4 aromatic rings. The Balaban J connectivity index is 1.37. The number of hydrogen-bond acceptors (Lipinski definition) is 8. The van der Waals surface area contributed by atoms with E-state index < -0.39 is 16.1 Å². The number of rotatable bonds is 7. The van der Waals surface area contributed by atoms with E-state index in [1.807, 2.05) is 17.5 Å². The van der Waals surface area contributed by atoms with E-state index >= 15 is 0 Å². The average Bonchev–Trinajstić information content (AvgIpc) is 3.49. The second-order valence-corrected chi connectivity index (χ2v) is 12.7. The fraction of sp³-hybridized carbons (Fsp3) is 0.261. The van der Waals surface area contributed by atoms with Crippen molar-refractivity contribution >= 4 is 60.3 Å². The van der Waals surface area contributed by atoms with Crippen molar-refractivity contribution in [3.8, 4) is 11.3 Å². The first-order chi connectivity index (χ1) is 16.8. The van der Waals surface area contributed by atoms with Gasteiger partial charge in [0.15, 0.2) is 0 Å². The zero-order valence-corrected chi connectivity index (χ0v) is 21.8. The number of ether oxygens (including phenoxy) is 1. The first-order valence-electron chi connectivity index (χ1n) is 10.7. The maximum Gasteiger partial charge on any atom is 0.253 e. The summed E-state index contributed by atoms with van der Waals surface area (Å²) in [6.07, 6.45) is 3.44. The van der Waals surface area contributed by atoms with Gasteiger partial charge in [-0.2, -0.15) is 4.31 Å². The molecule has 0 bridgehead atoms. The largest absolute Gasteiger partial charge is 0.382 e. The van der Waals surface area contributed by atoms with Gasteiger partial charge in [0.25, 0.3) is 10.0 Å². The molecule has 1 aliphatic rings. The molecule has 1 fully saturated rings. The SMILES string of the molecule is COC[C@H]1CN(S(=O)(=O)c2cc3ccc(Cl)cc3s2)CC(=O)N1Cc1nc(-c2cccnc2)cs1. The number of amides is 1. The molecule has 0 radical (unpaired) electrons. The number of carbonyl (C=O) groups is 1. The van der Waals surface area contributed by atoms with Gasteiger partial charge in [0.2, 0.25) is 5.91 Å². The van der Waals surface area contributed by atoms with E-state index in [1.54, 1.807) is 41.6 Å². The van der Waals surface area contributed by atoms with Crippen molar-refractivity contribution in [1.82, 2.24) is 19.2 Å². The fourth-order valence-electron chi connectivity index (χ4n) is 3.99. The van der Waals surface area contributed by atoms with Gasteiger partial charge in [-0.15, -0.1) is 22.7 Å². The molecule has 1 saturated heterocycles. The third-order valence-electron chi connectivity index (χ3n) is 5.71. The summed E-state index contributed by atoms with van der Waals surface area (Å²) in [6, 6.07) is 10.2. The summed E-state index contributed by atoms with van der Waals surface area (Å²) in [5, 5.41) is 4.03. The molecule has 1 amide bonds. The Labute approximate surface area is 215 Å². The van der Waals surface area contributed by atoms with Crippen LogP contribution in [0.5, 0.6) is 0 Å². The van der Waals surface area contributed by atoms with Gasteiger partial charge in [-0.3, -0.25) is 9.78 Å². The van der Waals surface area contributed by atoms with Crippen LogP contribution in [0.3, 0.4) is 0 Å². The standard InChI is InChI=1S/C23H21ClN4O4S3/c1-32-13-18-10-27(35(30,31)23-7-15-4-5-17(24)8-20(15)34-23)12-22(29)28(18)11-21-26-19(14-33-21)16-3-2-6-25-9-16/h2-9,14,18H,10-13H2,1H3/t18-/m1/s1. The van der Waals surface area contributed by atoms with Gasteiger partial charge in [-0.05, 0) is 35.7 Å². The van der Waals surface area contributed by atoms with Crippen LogP contribution in [0.4, 0.5) is 0 Å². The van der Waals surface area contributed by atoms with Crippen LogP contribution in [0.2, 0.25) is 5.02 Å². The van der Waals surface area contributed by atoms with Gasteiger partial charge < -0.3 is 9.64 Å². The number of nitrogens with zero attached hydrogens (tertiary/aromatic N) is 4. The molecule has 8 nitrogen and oxygen atoms in total. The number of aromatic nitrogens is 2. The molecule has 1 atom stereocenters. The van der Waals surface area contributed by atoms with Crippen molar-refractivity contribution < 1.29 is 17.9 Å². The topological polar surface area (TPSA) is 92.7 Å². The molecule has 3 aromatic heterocycles. The summed E-state index contributed by atoms with van der Waals surface area (Å²) in [4.78, 5) is 23.6. The number of carbonyl (C=O) groups excluding carboxylic acids is 1. The minimum absolute atomic E-state index is 0.137. The molecule has 5 rings (SSSR count). The van der Waals surface area contributed by atoms with Crippen LogP contribution in [-0.4, -0.2) is 66.3 Å². The second-order valence-electron chi connectivity index (χ2n) is 8.04. The Morgan fingerprint density at radius 2 is 2.11 bits per heavy atom. The van der Waals surface area contributed by atoms with Crippen LogP contribution in [0.15, 0.2) is 58.4 Å². The average molecular weight is 549 g/mol. The fourth-order valence-corrected chi connectivity index (χ4v) is 8.05. The number of pyridine rings is 1. The smallest absolute Gasteiger partial charge is 0.253 e. The molecule has 0 saturated carbocycles. The molecule has 0 N–H and O–H groups in total. The minimum atomic E-state index is -3.86. The van der Waals surface area contributed by atoms with Crippen molar-refractivity contribution in [2.75, 3.05) is 26.8 Å². The van der Waals surface area contributed by atoms with Crippen LogP contribution in [0.25, 0.3) is 21.3 Å². The molecule has 0 spiro atoms. The highest BCUT2D eigenvalue weighted by Crippen LogP contribution is 2.34. The Hall–Kier alpha value is -2.41. The highest BCUT2D eigenvalue weighted by molar-refractivity contribution is 7.91. The van der Waals surface area contributed by atoms with Crippen molar-refractivity contribution in [1.29, 1.82) is 0 Å². The van der Waals surface area contributed by atoms with E-state index in [9.17, 15) is 13.2 Å². The number of methoxy groups -OCH3 is 1. The number of halogens is 1. The van der Waals surface area contributed by atoms with Gasteiger partial charge in [0.05, 0.1) is 31.4 Å². The number of fused-ring (bicyclic) bond motifs is 1. The zero-order valence-electron chi connectivity index (χ0n) is 18.6. The third kappa shape index (κ3) is 4.97. The number of sulfonamides is 1. The van der Waals surface area contributed by atoms with Crippen LogP contribution >= 0.6 is 34.3 Å². The van der Waals surface area contributed by atoms with E-state index in [-0.39, 0.29) is 36.4 Å². The minimum Gasteiger partial charge on any atom is -0.382 e. The summed E-state index contributed by atoms with van der Waals surface area (Å²) >= 11 is 8.66. The summed E-state index contributed by atoms with van der Waals surface area (Å²) in [5.41, 5.74) is 1.69. The lowest BCUT2D eigenvalue weighted by Gasteiger charge is -2.39. The highest BCUT2D eigenvalue weighted by Gasteiger charge is 2.39. The molecule has 12 heteroatoms. The Kier molecular flexibility index (Phi) is 6.88. The van der Waals surface area contributed by atoms with Gasteiger partial charge in [-0.1, -0.05) is 17.7 Å². The Morgan fingerprint density at radius 1 is 1.26 bits per heavy atom. The lowest BCUT2D eigenvalue weighted by molar-refractivity contribution is -0.139. The van der Waals surface area contributed by atoms with E-state index in [0.29, 0.717) is 5.02 Å². The lowest BCUT2D eigenvalue weighted by atomic mass is 10.2.